The van der Waals surface area contributed by atoms with Gasteiger partial charge in [0.15, 0.2) is 6.10 Å². The maximum absolute atomic E-state index is 12.3. The molecule has 4 heteroatoms. The number of ether oxygens (including phenoxy) is 1. The summed E-state index contributed by atoms with van der Waals surface area (Å²) in [5.74, 6) is 1.25. The van der Waals surface area contributed by atoms with E-state index < -0.39 is 11.7 Å². The maximum atomic E-state index is 12.3. The number of rotatable bonds is 2. The summed E-state index contributed by atoms with van der Waals surface area (Å²) in [5, 5.41) is 10.3. The van der Waals surface area contributed by atoms with Crippen molar-refractivity contribution in [2.24, 2.45) is 5.92 Å². The summed E-state index contributed by atoms with van der Waals surface area (Å²) < 4.78 is 5.70. The second-order valence-corrected chi connectivity index (χ2v) is 5.99. The molecule has 100 valence electrons. The fourth-order valence-electron chi connectivity index (χ4n) is 3.17. The quantitative estimate of drug-likeness (QED) is 0.861. The van der Waals surface area contributed by atoms with Crippen LogP contribution in [0.15, 0.2) is 24.3 Å². The molecule has 19 heavy (non-hydrogen) atoms. The zero-order valence-corrected chi connectivity index (χ0v) is 10.7. The molecule has 1 N–H and O–H groups in total. The molecule has 1 unspecified atom stereocenters. The largest absolute Gasteiger partial charge is 0.480 e. The van der Waals surface area contributed by atoms with Gasteiger partial charge < -0.3 is 14.7 Å². The molecule has 2 aliphatic heterocycles. The van der Waals surface area contributed by atoms with Crippen molar-refractivity contribution >= 4 is 5.91 Å². The molecular formula is C15H17NO3. The number of β-amino-alcohol motifs (C(OH)–C–C–N with tert-alkyl or cyclic N) is 1. The fraction of sp³-hybridized carbons (Fsp3) is 0.533. The molecule has 1 saturated carbocycles. The van der Waals surface area contributed by atoms with E-state index in [1.165, 1.54) is 0 Å². The number of nitrogens with zero attached hydrogens (tertiary/aromatic N) is 1. The SMILES string of the molecule is O=C(C1Cc2ccccc2O1)N1CC(O)(C2CC2)C1. The van der Waals surface area contributed by atoms with Crippen molar-refractivity contribution in [2.45, 2.75) is 31.0 Å². The van der Waals surface area contributed by atoms with Gasteiger partial charge in [0.1, 0.15) is 11.4 Å². The van der Waals surface area contributed by atoms with Gasteiger partial charge in [-0.2, -0.15) is 0 Å². The lowest BCUT2D eigenvalue weighted by molar-refractivity contribution is -0.165. The number of amides is 1. The lowest BCUT2D eigenvalue weighted by atomic mass is 9.88. The van der Waals surface area contributed by atoms with Gasteiger partial charge >= 0.3 is 0 Å². The molecule has 3 aliphatic rings. The highest BCUT2D eigenvalue weighted by molar-refractivity contribution is 5.83. The maximum Gasteiger partial charge on any atom is 0.264 e. The van der Waals surface area contributed by atoms with Crippen molar-refractivity contribution in [1.29, 1.82) is 0 Å². The van der Waals surface area contributed by atoms with E-state index in [0.717, 1.165) is 24.2 Å². The Morgan fingerprint density at radius 2 is 2.05 bits per heavy atom. The number of carbonyl (C=O) groups excluding carboxylic acids is 1. The van der Waals surface area contributed by atoms with Crippen molar-refractivity contribution in [3.05, 3.63) is 29.8 Å². The van der Waals surface area contributed by atoms with Crippen LogP contribution in [-0.4, -0.2) is 40.7 Å². The Morgan fingerprint density at radius 1 is 1.32 bits per heavy atom. The van der Waals surface area contributed by atoms with Gasteiger partial charge in [-0.15, -0.1) is 0 Å². The molecule has 1 amide bonds. The van der Waals surface area contributed by atoms with Gasteiger partial charge in [-0.1, -0.05) is 18.2 Å². The highest BCUT2D eigenvalue weighted by Gasteiger charge is 2.54. The topological polar surface area (TPSA) is 49.8 Å². The number of hydrogen-bond donors (Lipinski definition) is 1. The molecule has 0 aromatic heterocycles. The number of carbonyl (C=O) groups is 1. The summed E-state index contributed by atoms with van der Waals surface area (Å²) in [6.07, 6.45) is 2.45. The van der Waals surface area contributed by atoms with Crippen LogP contribution in [0.3, 0.4) is 0 Å². The number of hydrogen-bond acceptors (Lipinski definition) is 3. The van der Waals surface area contributed by atoms with E-state index in [-0.39, 0.29) is 5.91 Å². The highest BCUT2D eigenvalue weighted by atomic mass is 16.5. The predicted octanol–water partition coefficient (Wildman–Crippen LogP) is 0.973. The Kier molecular flexibility index (Phi) is 2.22. The molecule has 1 atom stereocenters. The van der Waals surface area contributed by atoms with Crippen LogP contribution in [0, 0.1) is 5.92 Å². The van der Waals surface area contributed by atoms with E-state index >= 15 is 0 Å². The lowest BCUT2D eigenvalue weighted by Gasteiger charge is -2.47. The van der Waals surface area contributed by atoms with E-state index in [2.05, 4.69) is 0 Å². The average molecular weight is 259 g/mol. The third-order valence-corrected chi connectivity index (χ3v) is 4.50. The van der Waals surface area contributed by atoms with Crippen molar-refractivity contribution in [2.75, 3.05) is 13.1 Å². The van der Waals surface area contributed by atoms with Gasteiger partial charge in [-0.3, -0.25) is 4.79 Å². The number of aliphatic hydroxyl groups is 1. The van der Waals surface area contributed by atoms with Crippen molar-refractivity contribution in [3.63, 3.8) is 0 Å². The Morgan fingerprint density at radius 3 is 2.74 bits per heavy atom. The van der Waals surface area contributed by atoms with Crippen LogP contribution in [0.5, 0.6) is 5.75 Å². The molecule has 0 radical (unpaired) electrons. The summed E-state index contributed by atoms with van der Waals surface area (Å²) in [4.78, 5) is 14.0. The van der Waals surface area contributed by atoms with Crippen molar-refractivity contribution < 1.29 is 14.6 Å². The minimum Gasteiger partial charge on any atom is -0.480 e. The fourth-order valence-corrected chi connectivity index (χ4v) is 3.17. The summed E-state index contributed by atoms with van der Waals surface area (Å²) in [6.45, 7) is 0.958. The van der Waals surface area contributed by atoms with Gasteiger partial charge in [0, 0.05) is 6.42 Å². The van der Waals surface area contributed by atoms with Crippen LogP contribution in [0.2, 0.25) is 0 Å². The third kappa shape index (κ3) is 1.74. The van der Waals surface area contributed by atoms with Crippen LogP contribution < -0.4 is 4.74 Å². The molecule has 1 aromatic carbocycles. The first-order chi connectivity index (χ1) is 9.16. The zero-order valence-electron chi connectivity index (χ0n) is 10.7. The predicted molar refractivity (Wildman–Crippen MR) is 68.8 cm³/mol. The van der Waals surface area contributed by atoms with E-state index in [4.69, 9.17) is 4.74 Å². The zero-order chi connectivity index (χ0) is 13.0. The Hall–Kier alpha value is -1.55. The van der Waals surface area contributed by atoms with E-state index in [9.17, 15) is 9.90 Å². The van der Waals surface area contributed by atoms with Crippen LogP contribution in [0.4, 0.5) is 0 Å². The summed E-state index contributed by atoms with van der Waals surface area (Å²) in [7, 11) is 0. The molecular weight excluding hydrogens is 242 g/mol. The molecule has 0 spiro atoms. The molecule has 4 rings (SSSR count). The second kappa shape index (κ2) is 3.73. The van der Waals surface area contributed by atoms with Gasteiger partial charge in [0.25, 0.3) is 5.91 Å². The van der Waals surface area contributed by atoms with Gasteiger partial charge in [-0.25, -0.2) is 0 Å². The summed E-state index contributed by atoms with van der Waals surface area (Å²) in [6, 6.07) is 7.78. The summed E-state index contributed by atoms with van der Waals surface area (Å²) in [5.41, 5.74) is 0.486. The normalized spacial score (nSPS) is 27.4. The van der Waals surface area contributed by atoms with Crippen molar-refractivity contribution in [1.82, 2.24) is 4.90 Å². The van der Waals surface area contributed by atoms with E-state index in [0.29, 0.717) is 25.4 Å². The molecule has 2 fully saturated rings. The second-order valence-electron chi connectivity index (χ2n) is 5.99. The van der Waals surface area contributed by atoms with E-state index in [1.54, 1.807) is 4.90 Å². The van der Waals surface area contributed by atoms with Gasteiger partial charge in [-0.05, 0) is 30.4 Å². The number of para-hydroxylation sites is 1. The first-order valence-corrected chi connectivity index (χ1v) is 6.91. The molecule has 1 saturated heterocycles. The molecule has 2 heterocycles. The number of benzene rings is 1. The average Bonchev–Trinajstić information content (AvgIpc) is 3.13. The van der Waals surface area contributed by atoms with Crippen molar-refractivity contribution in [3.8, 4) is 5.75 Å². The van der Waals surface area contributed by atoms with Crippen LogP contribution in [0.25, 0.3) is 0 Å². The van der Waals surface area contributed by atoms with Gasteiger partial charge in [0.05, 0.1) is 13.1 Å². The Labute approximate surface area is 112 Å². The molecule has 0 bridgehead atoms. The lowest BCUT2D eigenvalue weighted by Crippen LogP contribution is -2.66. The van der Waals surface area contributed by atoms with Gasteiger partial charge in [0.2, 0.25) is 0 Å². The van der Waals surface area contributed by atoms with Crippen LogP contribution >= 0.6 is 0 Å². The third-order valence-electron chi connectivity index (χ3n) is 4.50. The summed E-state index contributed by atoms with van der Waals surface area (Å²) >= 11 is 0. The van der Waals surface area contributed by atoms with Crippen LogP contribution in [-0.2, 0) is 11.2 Å². The first kappa shape index (κ1) is 11.3. The number of likely N-dealkylation sites (tertiary alicyclic amines) is 1. The smallest absolute Gasteiger partial charge is 0.264 e. The minimum absolute atomic E-state index is 0.0153. The highest BCUT2D eigenvalue weighted by Crippen LogP contribution is 2.45. The molecule has 1 aromatic rings. The Bertz CT molecular complexity index is 507. The first-order valence-electron chi connectivity index (χ1n) is 6.91. The van der Waals surface area contributed by atoms with E-state index in [1.807, 2.05) is 24.3 Å². The monoisotopic (exact) mass is 259 g/mol. The molecule has 1 aliphatic carbocycles. The molecule has 4 nitrogen and oxygen atoms in total. The number of fused-ring (bicyclic) bond motifs is 1. The Balaban J connectivity index is 1.41. The minimum atomic E-state index is -0.610. The standard InChI is InChI=1S/C15H17NO3/c17-14(16-8-15(18,9-16)11-5-6-11)13-7-10-3-1-2-4-12(10)19-13/h1-4,11,13,18H,5-9H2. The van der Waals surface area contributed by atoms with Crippen LogP contribution in [0.1, 0.15) is 18.4 Å².